The van der Waals surface area contributed by atoms with Crippen LogP contribution in [-0.2, 0) is 11.2 Å². The molecule has 1 unspecified atom stereocenters. The molecule has 0 aromatic heterocycles. The van der Waals surface area contributed by atoms with Crippen LogP contribution in [0.1, 0.15) is 38.2 Å². The quantitative estimate of drug-likeness (QED) is 0.825. The molecule has 0 N–H and O–H groups in total. The second-order valence-corrected chi connectivity index (χ2v) is 8.08. The first-order valence-corrected chi connectivity index (χ1v) is 9.93. The summed E-state index contributed by atoms with van der Waals surface area (Å²) < 4.78 is 6.56. The van der Waals surface area contributed by atoms with E-state index in [1.807, 2.05) is 0 Å². The molecule has 1 aliphatic carbocycles. The number of piperidine rings is 1. The molecule has 3 heteroatoms. The molecular formula is C21H32N2O. The van der Waals surface area contributed by atoms with Gasteiger partial charge in [-0.25, -0.2) is 0 Å². The fraction of sp³-hybridized carbons (Fsp3) is 0.714. The van der Waals surface area contributed by atoms with E-state index < -0.39 is 0 Å². The third-order valence-electron chi connectivity index (χ3n) is 6.32. The third-order valence-corrected chi connectivity index (χ3v) is 6.32. The van der Waals surface area contributed by atoms with Crippen LogP contribution in [0.2, 0.25) is 0 Å². The molecule has 3 nitrogen and oxygen atoms in total. The van der Waals surface area contributed by atoms with Crippen LogP contribution < -0.4 is 0 Å². The maximum absolute atomic E-state index is 6.56. The SMILES string of the molecule is CCN1CC(C2CCN(CCc3ccccc3)CC2)OC2(CC2)C1. The molecule has 1 spiro atoms. The minimum Gasteiger partial charge on any atom is -0.369 e. The Balaban J connectivity index is 1.25. The molecular weight excluding hydrogens is 296 g/mol. The summed E-state index contributed by atoms with van der Waals surface area (Å²) in [4.78, 5) is 5.28. The van der Waals surface area contributed by atoms with Crippen molar-refractivity contribution in [2.24, 2.45) is 5.92 Å². The van der Waals surface area contributed by atoms with Gasteiger partial charge in [0.15, 0.2) is 0 Å². The van der Waals surface area contributed by atoms with Crippen LogP contribution in [0.15, 0.2) is 30.3 Å². The Morgan fingerprint density at radius 1 is 1.08 bits per heavy atom. The van der Waals surface area contributed by atoms with Crippen LogP contribution in [0.25, 0.3) is 0 Å². The van der Waals surface area contributed by atoms with Crippen molar-refractivity contribution in [3.05, 3.63) is 35.9 Å². The standard InChI is InChI=1S/C21H32N2O/c1-2-22-16-20(24-21(17-22)11-12-21)19-9-14-23(15-10-19)13-8-18-6-4-3-5-7-18/h3-7,19-20H,2,8-17H2,1H3. The van der Waals surface area contributed by atoms with Gasteiger partial charge in [0, 0.05) is 19.6 Å². The maximum Gasteiger partial charge on any atom is 0.0815 e. The second kappa shape index (κ2) is 7.15. The van der Waals surface area contributed by atoms with Gasteiger partial charge in [-0.15, -0.1) is 0 Å². The van der Waals surface area contributed by atoms with Crippen molar-refractivity contribution in [1.29, 1.82) is 0 Å². The van der Waals surface area contributed by atoms with Crippen molar-refractivity contribution in [3.63, 3.8) is 0 Å². The lowest BCUT2D eigenvalue weighted by Gasteiger charge is -2.44. The molecule has 0 bridgehead atoms. The van der Waals surface area contributed by atoms with E-state index in [1.165, 1.54) is 70.4 Å². The fourth-order valence-electron chi connectivity index (χ4n) is 4.50. The lowest BCUT2D eigenvalue weighted by Crippen LogP contribution is -2.53. The van der Waals surface area contributed by atoms with Gasteiger partial charge in [-0.05, 0) is 63.2 Å². The van der Waals surface area contributed by atoms with Gasteiger partial charge in [0.1, 0.15) is 0 Å². The average molecular weight is 329 g/mol. The van der Waals surface area contributed by atoms with E-state index >= 15 is 0 Å². The van der Waals surface area contributed by atoms with E-state index in [-0.39, 0.29) is 5.60 Å². The van der Waals surface area contributed by atoms with E-state index in [4.69, 9.17) is 4.74 Å². The highest BCUT2D eigenvalue weighted by Crippen LogP contribution is 2.45. The normalized spacial score (nSPS) is 28.3. The summed E-state index contributed by atoms with van der Waals surface area (Å²) in [7, 11) is 0. The number of hydrogen-bond acceptors (Lipinski definition) is 3. The van der Waals surface area contributed by atoms with Crippen LogP contribution >= 0.6 is 0 Å². The molecule has 1 aromatic rings. The first-order valence-electron chi connectivity index (χ1n) is 9.93. The molecule has 2 heterocycles. The topological polar surface area (TPSA) is 15.7 Å². The van der Waals surface area contributed by atoms with Gasteiger partial charge in [-0.1, -0.05) is 37.3 Å². The second-order valence-electron chi connectivity index (χ2n) is 8.08. The summed E-state index contributed by atoms with van der Waals surface area (Å²) in [5, 5.41) is 0. The predicted molar refractivity (Wildman–Crippen MR) is 98.3 cm³/mol. The Morgan fingerprint density at radius 3 is 2.50 bits per heavy atom. The Morgan fingerprint density at radius 2 is 1.83 bits per heavy atom. The third kappa shape index (κ3) is 3.84. The van der Waals surface area contributed by atoms with E-state index in [2.05, 4.69) is 47.1 Å². The molecule has 1 aromatic carbocycles. The Hall–Kier alpha value is -0.900. The molecule has 0 amide bonds. The zero-order valence-electron chi connectivity index (χ0n) is 15.1. The smallest absolute Gasteiger partial charge is 0.0815 e. The number of rotatable bonds is 5. The van der Waals surface area contributed by atoms with E-state index in [1.54, 1.807) is 0 Å². The Kier molecular flexibility index (Phi) is 4.93. The number of likely N-dealkylation sites (N-methyl/N-ethyl adjacent to an activating group) is 1. The van der Waals surface area contributed by atoms with Crippen molar-refractivity contribution in [2.45, 2.75) is 50.7 Å². The molecule has 0 radical (unpaired) electrons. The van der Waals surface area contributed by atoms with Crippen molar-refractivity contribution in [1.82, 2.24) is 9.80 Å². The molecule has 2 aliphatic heterocycles. The number of nitrogens with zero attached hydrogens (tertiary/aromatic N) is 2. The van der Waals surface area contributed by atoms with E-state index in [0.29, 0.717) is 6.10 Å². The first kappa shape index (κ1) is 16.6. The lowest BCUT2D eigenvalue weighted by molar-refractivity contribution is -0.129. The van der Waals surface area contributed by atoms with Crippen molar-refractivity contribution in [2.75, 3.05) is 39.3 Å². The van der Waals surface area contributed by atoms with Crippen LogP contribution in [0.3, 0.4) is 0 Å². The fourth-order valence-corrected chi connectivity index (χ4v) is 4.50. The molecule has 3 aliphatic rings. The van der Waals surface area contributed by atoms with Gasteiger partial charge in [0.05, 0.1) is 11.7 Å². The van der Waals surface area contributed by atoms with Gasteiger partial charge in [0.25, 0.3) is 0 Å². The summed E-state index contributed by atoms with van der Waals surface area (Å²) in [6, 6.07) is 10.9. The van der Waals surface area contributed by atoms with Gasteiger partial charge in [-0.2, -0.15) is 0 Å². The monoisotopic (exact) mass is 328 g/mol. The zero-order chi connectivity index (χ0) is 16.4. The highest BCUT2D eigenvalue weighted by molar-refractivity contribution is 5.14. The van der Waals surface area contributed by atoms with Crippen LogP contribution in [-0.4, -0.2) is 60.8 Å². The summed E-state index contributed by atoms with van der Waals surface area (Å²) in [6.07, 6.45) is 6.86. The van der Waals surface area contributed by atoms with Gasteiger partial charge >= 0.3 is 0 Å². The molecule has 24 heavy (non-hydrogen) atoms. The minimum absolute atomic E-state index is 0.253. The van der Waals surface area contributed by atoms with Gasteiger partial charge in [0.2, 0.25) is 0 Å². The van der Waals surface area contributed by atoms with Crippen molar-refractivity contribution < 1.29 is 4.74 Å². The van der Waals surface area contributed by atoms with Gasteiger partial charge in [-0.3, -0.25) is 4.90 Å². The summed E-state index contributed by atoms with van der Waals surface area (Å²) in [5.41, 5.74) is 1.72. The molecule has 2 saturated heterocycles. The van der Waals surface area contributed by atoms with E-state index in [9.17, 15) is 0 Å². The number of benzene rings is 1. The average Bonchev–Trinajstić information content (AvgIpc) is 3.39. The molecule has 4 rings (SSSR count). The maximum atomic E-state index is 6.56. The number of hydrogen-bond donors (Lipinski definition) is 0. The van der Waals surface area contributed by atoms with E-state index in [0.717, 1.165) is 12.5 Å². The summed E-state index contributed by atoms with van der Waals surface area (Å²) in [6.45, 7) is 9.51. The molecule has 3 fully saturated rings. The minimum atomic E-state index is 0.253. The number of likely N-dealkylation sites (tertiary alicyclic amines) is 1. The Bertz CT molecular complexity index is 520. The highest BCUT2D eigenvalue weighted by atomic mass is 16.5. The predicted octanol–water partition coefficient (Wildman–Crippen LogP) is 3.19. The summed E-state index contributed by atoms with van der Waals surface area (Å²) >= 11 is 0. The van der Waals surface area contributed by atoms with Crippen LogP contribution in [0.4, 0.5) is 0 Å². The molecule has 1 saturated carbocycles. The first-order chi connectivity index (χ1) is 11.8. The Labute approximate surface area is 147 Å². The van der Waals surface area contributed by atoms with Crippen molar-refractivity contribution in [3.8, 4) is 0 Å². The largest absolute Gasteiger partial charge is 0.369 e. The van der Waals surface area contributed by atoms with Gasteiger partial charge < -0.3 is 9.64 Å². The van der Waals surface area contributed by atoms with Crippen molar-refractivity contribution >= 4 is 0 Å². The van der Waals surface area contributed by atoms with Crippen LogP contribution in [0.5, 0.6) is 0 Å². The lowest BCUT2D eigenvalue weighted by atomic mass is 9.89. The van der Waals surface area contributed by atoms with Crippen LogP contribution in [0, 0.1) is 5.92 Å². The zero-order valence-corrected chi connectivity index (χ0v) is 15.1. The highest BCUT2D eigenvalue weighted by Gasteiger charge is 2.51. The number of ether oxygens (including phenoxy) is 1. The summed E-state index contributed by atoms with van der Waals surface area (Å²) in [5.74, 6) is 0.768. The number of morpholine rings is 1. The molecule has 132 valence electrons. The molecule has 1 atom stereocenters.